The molecule has 5 aromatic carbocycles. The van der Waals surface area contributed by atoms with Gasteiger partial charge in [0.25, 0.3) is 0 Å². The zero-order valence-corrected chi connectivity index (χ0v) is 24.3. The average molecular weight is 544 g/mol. The summed E-state index contributed by atoms with van der Waals surface area (Å²) >= 11 is 0. The van der Waals surface area contributed by atoms with E-state index in [1.54, 1.807) is 0 Å². The van der Waals surface area contributed by atoms with Crippen LogP contribution in [0.15, 0.2) is 120 Å². The van der Waals surface area contributed by atoms with Crippen LogP contribution in [0.5, 0.6) is 0 Å². The summed E-state index contributed by atoms with van der Waals surface area (Å²) < 4.78 is 10.9. The number of benzene rings is 5. The van der Waals surface area contributed by atoms with E-state index in [1.807, 2.05) is 12.1 Å². The summed E-state index contributed by atoms with van der Waals surface area (Å²) in [5.74, 6) is 0. The van der Waals surface area contributed by atoms with E-state index in [0.29, 0.717) is 0 Å². The maximum atomic E-state index is 6.16. The van der Waals surface area contributed by atoms with Crippen LogP contribution in [-0.4, -0.2) is 4.57 Å². The first-order chi connectivity index (χ1) is 20.5. The highest BCUT2D eigenvalue weighted by molar-refractivity contribution is 6.07. The predicted molar refractivity (Wildman–Crippen MR) is 174 cm³/mol. The highest BCUT2D eigenvalue weighted by atomic mass is 16.3. The van der Waals surface area contributed by atoms with Gasteiger partial charge in [-0.1, -0.05) is 60.2 Å². The van der Waals surface area contributed by atoms with Gasteiger partial charge in [0.05, 0.1) is 10.9 Å². The van der Waals surface area contributed by atoms with Crippen molar-refractivity contribution < 1.29 is 8.98 Å². The molecule has 0 saturated carbocycles. The van der Waals surface area contributed by atoms with Crippen LogP contribution >= 0.6 is 0 Å². The van der Waals surface area contributed by atoms with Crippen molar-refractivity contribution in [3.05, 3.63) is 132 Å². The fourth-order valence-electron chi connectivity index (χ4n) is 6.70. The zero-order valence-electron chi connectivity index (χ0n) is 24.3. The lowest BCUT2D eigenvalue weighted by atomic mass is 9.97. The molecule has 0 aliphatic rings. The van der Waals surface area contributed by atoms with Gasteiger partial charge in [-0.15, -0.1) is 0 Å². The van der Waals surface area contributed by atoms with Crippen LogP contribution in [0.25, 0.3) is 71.9 Å². The Kier molecular flexibility index (Phi) is 5.39. The molecule has 0 aliphatic carbocycles. The van der Waals surface area contributed by atoms with E-state index in [1.165, 1.54) is 55.4 Å². The molecule has 0 unspecified atom stereocenters. The number of aryl methyl sites for hydroxylation is 3. The molecule has 0 spiro atoms. The summed E-state index contributed by atoms with van der Waals surface area (Å²) in [7, 11) is 2.20. The van der Waals surface area contributed by atoms with Gasteiger partial charge in [-0.25, -0.2) is 0 Å². The van der Waals surface area contributed by atoms with Gasteiger partial charge >= 0.3 is 0 Å². The van der Waals surface area contributed by atoms with Crippen molar-refractivity contribution in [3.63, 3.8) is 0 Å². The number of furan rings is 1. The molecule has 8 aromatic rings. The first-order valence-electron chi connectivity index (χ1n) is 14.5. The second-order valence-electron chi connectivity index (χ2n) is 11.5. The van der Waals surface area contributed by atoms with E-state index in [9.17, 15) is 0 Å². The molecule has 3 aromatic heterocycles. The second kappa shape index (κ2) is 9.19. The van der Waals surface area contributed by atoms with Crippen LogP contribution in [0.3, 0.4) is 0 Å². The summed E-state index contributed by atoms with van der Waals surface area (Å²) in [5.41, 5.74) is 15.4. The van der Waals surface area contributed by atoms with Crippen molar-refractivity contribution in [1.82, 2.24) is 4.57 Å². The molecule has 3 heteroatoms. The molecule has 42 heavy (non-hydrogen) atoms. The lowest BCUT2D eigenvalue weighted by Crippen LogP contribution is -2.32. The van der Waals surface area contributed by atoms with E-state index in [0.717, 1.165) is 33.2 Å². The number of fused-ring (bicyclic) bond motifs is 6. The van der Waals surface area contributed by atoms with Gasteiger partial charge in [0.15, 0.2) is 0 Å². The molecule has 3 heterocycles. The minimum Gasteiger partial charge on any atom is -0.456 e. The molecule has 0 radical (unpaired) electrons. The molecule has 0 fully saturated rings. The molecule has 0 N–H and O–H groups in total. The summed E-state index contributed by atoms with van der Waals surface area (Å²) in [6.45, 7) is 6.61. The van der Waals surface area contributed by atoms with Gasteiger partial charge in [0.1, 0.15) is 23.7 Å². The molecule has 8 rings (SSSR count). The van der Waals surface area contributed by atoms with E-state index in [2.05, 4.69) is 140 Å². The van der Waals surface area contributed by atoms with Crippen molar-refractivity contribution in [2.75, 3.05) is 0 Å². The van der Waals surface area contributed by atoms with E-state index in [-0.39, 0.29) is 0 Å². The number of pyridine rings is 1. The molecular formula is C39H31N2O+. The largest absolute Gasteiger partial charge is 0.456 e. The third kappa shape index (κ3) is 3.63. The Balaban J connectivity index is 1.27. The predicted octanol–water partition coefficient (Wildman–Crippen LogP) is 9.77. The standard InChI is InChI=1S/C39H31N2O/c1-24-21-25(2)26(3)33(22-24)34-19-20-36-39(40(34)4)32-10-5-7-11-35(32)41(36)29-16-13-27(14-17-29)28-15-18-31-30-9-6-8-12-37(30)42-38(31)23-28/h5-23H,1-4H3/q+1. The minimum absolute atomic E-state index is 0.919. The van der Waals surface area contributed by atoms with Crippen LogP contribution in [0.1, 0.15) is 16.7 Å². The SMILES string of the molecule is Cc1cc(C)c(C)c(-c2ccc3c(c4ccccc4n3-c3ccc(-c4ccc5c(c4)oc4ccccc45)cc3)[n+]2C)c1. The smallest absolute Gasteiger partial charge is 0.239 e. The van der Waals surface area contributed by atoms with Gasteiger partial charge < -0.3 is 8.98 Å². The summed E-state index contributed by atoms with van der Waals surface area (Å²) in [5, 5.41) is 3.56. The lowest BCUT2D eigenvalue weighted by Gasteiger charge is -2.11. The van der Waals surface area contributed by atoms with E-state index >= 15 is 0 Å². The van der Waals surface area contributed by atoms with E-state index in [4.69, 9.17) is 4.42 Å². The highest BCUT2D eigenvalue weighted by Crippen LogP contribution is 2.35. The lowest BCUT2D eigenvalue weighted by molar-refractivity contribution is -0.632. The number of para-hydroxylation sites is 2. The van der Waals surface area contributed by atoms with Crippen molar-refractivity contribution in [2.45, 2.75) is 20.8 Å². The van der Waals surface area contributed by atoms with Crippen molar-refractivity contribution in [1.29, 1.82) is 0 Å². The van der Waals surface area contributed by atoms with Gasteiger partial charge in [-0.2, -0.15) is 4.57 Å². The number of nitrogens with zero attached hydrogens (tertiary/aromatic N) is 2. The molecule has 3 nitrogen and oxygen atoms in total. The third-order valence-electron chi connectivity index (χ3n) is 8.90. The van der Waals surface area contributed by atoms with Gasteiger partial charge in [-0.05, 0) is 97.6 Å². The fraction of sp³-hybridized carbons (Fsp3) is 0.103. The first kappa shape index (κ1) is 24.6. The van der Waals surface area contributed by atoms with Crippen LogP contribution in [0.4, 0.5) is 0 Å². The number of hydrogen-bond acceptors (Lipinski definition) is 1. The monoisotopic (exact) mass is 543 g/mol. The Morgan fingerprint density at radius 3 is 2.14 bits per heavy atom. The summed E-state index contributed by atoms with van der Waals surface area (Å²) in [6, 6.07) is 41.5. The average Bonchev–Trinajstić information content (AvgIpc) is 3.55. The topological polar surface area (TPSA) is 21.9 Å². The Morgan fingerprint density at radius 2 is 1.31 bits per heavy atom. The third-order valence-corrected chi connectivity index (χ3v) is 8.90. The normalized spacial score (nSPS) is 11.8. The number of rotatable bonds is 3. The maximum Gasteiger partial charge on any atom is 0.239 e. The first-order valence-corrected chi connectivity index (χ1v) is 14.5. The van der Waals surface area contributed by atoms with Crippen LogP contribution in [0.2, 0.25) is 0 Å². The maximum absolute atomic E-state index is 6.16. The number of hydrogen-bond donors (Lipinski definition) is 0. The zero-order chi connectivity index (χ0) is 28.5. The summed E-state index contributed by atoms with van der Waals surface area (Å²) in [4.78, 5) is 0. The van der Waals surface area contributed by atoms with E-state index < -0.39 is 0 Å². The quantitative estimate of drug-likeness (QED) is 0.203. The van der Waals surface area contributed by atoms with Crippen molar-refractivity contribution in [2.24, 2.45) is 7.05 Å². The van der Waals surface area contributed by atoms with Crippen LogP contribution in [0, 0.1) is 20.8 Å². The molecular weight excluding hydrogens is 512 g/mol. The Morgan fingerprint density at radius 1 is 0.595 bits per heavy atom. The van der Waals surface area contributed by atoms with Crippen molar-refractivity contribution >= 4 is 43.9 Å². The number of aromatic nitrogens is 2. The van der Waals surface area contributed by atoms with Crippen LogP contribution in [-0.2, 0) is 7.05 Å². The molecule has 0 aliphatic heterocycles. The second-order valence-corrected chi connectivity index (χ2v) is 11.5. The minimum atomic E-state index is 0.919. The van der Waals surface area contributed by atoms with Crippen molar-refractivity contribution in [3.8, 4) is 28.1 Å². The summed E-state index contributed by atoms with van der Waals surface area (Å²) in [6.07, 6.45) is 0. The van der Waals surface area contributed by atoms with Gasteiger partial charge in [0.2, 0.25) is 11.2 Å². The Labute approximate surface area is 244 Å². The Bertz CT molecular complexity index is 2330. The Hall–Kier alpha value is -5.15. The molecule has 0 saturated heterocycles. The fourth-order valence-corrected chi connectivity index (χ4v) is 6.70. The van der Waals surface area contributed by atoms with Crippen LogP contribution < -0.4 is 4.57 Å². The molecule has 202 valence electrons. The van der Waals surface area contributed by atoms with Gasteiger partial charge in [-0.3, -0.25) is 0 Å². The molecule has 0 amide bonds. The highest BCUT2D eigenvalue weighted by Gasteiger charge is 2.23. The molecule has 0 bridgehead atoms. The van der Waals surface area contributed by atoms with Gasteiger partial charge in [0, 0.05) is 28.1 Å². The molecule has 0 atom stereocenters.